The minimum atomic E-state index is -0.496. The molecule has 0 fully saturated rings. The summed E-state index contributed by atoms with van der Waals surface area (Å²) in [5, 5.41) is 3.79. The Morgan fingerprint density at radius 2 is 2.07 bits per heavy atom. The average Bonchev–Trinajstić information content (AvgIpc) is 2.83. The third-order valence-corrected chi connectivity index (χ3v) is 4.72. The fourth-order valence-corrected chi connectivity index (χ4v) is 3.36. The molecule has 1 aromatic heterocycles. The van der Waals surface area contributed by atoms with Crippen LogP contribution >= 0.6 is 11.6 Å². The number of ether oxygens (including phenoxy) is 2. The van der Waals surface area contributed by atoms with E-state index in [0.29, 0.717) is 40.7 Å². The predicted octanol–water partition coefficient (Wildman–Crippen LogP) is 4.63. The zero-order valence-electron chi connectivity index (χ0n) is 14.6. The van der Waals surface area contributed by atoms with Gasteiger partial charge in [-0.1, -0.05) is 23.7 Å². The number of aryl methyl sites for hydroxylation is 1. The van der Waals surface area contributed by atoms with E-state index in [9.17, 15) is 9.18 Å². The van der Waals surface area contributed by atoms with Gasteiger partial charge in [-0.3, -0.25) is 4.79 Å². The van der Waals surface area contributed by atoms with Crippen LogP contribution in [0, 0.1) is 12.7 Å². The van der Waals surface area contributed by atoms with E-state index in [1.807, 2.05) is 0 Å². The van der Waals surface area contributed by atoms with E-state index >= 15 is 0 Å². The highest BCUT2D eigenvalue weighted by Gasteiger charge is 2.20. The highest BCUT2D eigenvalue weighted by molar-refractivity contribution is 6.32. The Hall–Kier alpha value is -2.73. The van der Waals surface area contributed by atoms with Crippen LogP contribution in [0.5, 0.6) is 11.5 Å². The molecule has 1 amide bonds. The molecule has 27 heavy (non-hydrogen) atoms. The van der Waals surface area contributed by atoms with E-state index in [1.54, 1.807) is 31.2 Å². The minimum Gasteiger partial charge on any atom is -0.489 e. The molecule has 0 radical (unpaired) electrons. The Morgan fingerprint density at radius 3 is 2.89 bits per heavy atom. The van der Waals surface area contributed by atoms with Gasteiger partial charge in [-0.15, -0.1) is 0 Å². The second kappa shape index (κ2) is 7.12. The molecule has 0 aliphatic carbocycles. The maximum Gasteiger partial charge on any atom is 0.287 e. The molecule has 1 N–H and O–H groups in total. The number of carbonyl (C=O) groups excluding carboxylic acids is 1. The summed E-state index contributed by atoms with van der Waals surface area (Å²) in [6, 6.07) is 8.12. The van der Waals surface area contributed by atoms with Crippen molar-refractivity contribution >= 4 is 28.5 Å². The molecule has 2 aromatic carbocycles. The highest BCUT2D eigenvalue weighted by Crippen LogP contribution is 2.38. The van der Waals surface area contributed by atoms with Crippen molar-refractivity contribution in [1.82, 2.24) is 5.32 Å². The van der Waals surface area contributed by atoms with Gasteiger partial charge in [0.05, 0.1) is 18.2 Å². The van der Waals surface area contributed by atoms with E-state index in [1.165, 1.54) is 6.07 Å². The van der Waals surface area contributed by atoms with E-state index in [0.717, 1.165) is 12.0 Å². The molecule has 0 unspecified atom stereocenters. The lowest BCUT2D eigenvalue weighted by Crippen LogP contribution is -2.23. The van der Waals surface area contributed by atoms with Crippen LogP contribution in [-0.2, 0) is 6.54 Å². The topological polar surface area (TPSA) is 60.7 Å². The Morgan fingerprint density at radius 1 is 1.26 bits per heavy atom. The standard InChI is InChI=1S/C20H17ClFNO4/c1-11-13-4-2-5-15(22)18(13)27-17(11)20(24)23-10-12-8-14(21)19-16(9-12)25-6-3-7-26-19/h2,4-5,8-9H,3,6-7,10H2,1H3,(H,23,24). The van der Waals surface area contributed by atoms with Gasteiger partial charge in [-0.05, 0) is 30.7 Å². The molecule has 140 valence electrons. The first kappa shape index (κ1) is 17.7. The van der Waals surface area contributed by atoms with Gasteiger partial charge < -0.3 is 19.2 Å². The van der Waals surface area contributed by atoms with Crippen LogP contribution in [0.25, 0.3) is 11.0 Å². The monoisotopic (exact) mass is 389 g/mol. The van der Waals surface area contributed by atoms with Crippen molar-refractivity contribution in [3.05, 3.63) is 58.1 Å². The van der Waals surface area contributed by atoms with Gasteiger partial charge in [-0.2, -0.15) is 0 Å². The van der Waals surface area contributed by atoms with Crippen LogP contribution in [0.4, 0.5) is 4.39 Å². The first-order valence-corrected chi connectivity index (χ1v) is 8.96. The van der Waals surface area contributed by atoms with Crippen molar-refractivity contribution in [3.8, 4) is 11.5 Å². The number of nitrogens with one attached hydrogen (secondary N) is 1. The maximum absolute atomic E-state index is 13.9. The second-order valence-electron chi connectivity index (χ2n) is 6.31. The molecule has 0 saturated carbocycles. The molecule has 3 aromatic rings. The molecule has 0 atom stereocenters. The van der Waals surface area contributed by atoms with Gasteiger partial charge in [0.1, 0.15) is 0 Å². The van der Waals surface area contributed by atoms with E-state index in [4.69, 9.17) is 25.5 Å². The van der Waals surface area contributed by atoms with Gasteiger partial charge >= 0.3 is 0 Å². The van der Waals surface area contributed by atoms with Crippen LogP contribution in [0.2, 0.25) is 5.02 Å². The summed E-state index contributed by atoms with van der Waals surface area (Å²) in [6.45, 7) is 3.03. The normalized spacial score (nSPS) is 13.4. The fraction of sp³-hybridized carbons (Fsp3) is 0.250. The van der Waals surface area contributed by atoms with Crippen molar-refractivity contribution in [1.29, 1.82) is 0 Å². The number of halogens is 2. The van der Waals surface area contributed by atoms with Crippen molar-refractivity contribution < 1.29 is 23.1 Å². The Kier molecular flexibility index (Phi) is 4.66. The number of para-hydroxylation sites is 1. The first-order valence-electron chi connectivity index (χ1n) is 8.58. The Bertz CT molecular complexity index is 1030. The van der Waals surface area contributed by atoms with Gasteiger partial charge in [0.2, 0.25) is 0 Å². The summed E-state index contributed by atoms with van der Waals surface area (Å²) < 4.78 is 30.6. The number of rotatable bonds is 3. The number of hydrogen-bond acceptors (Lipinski definition) is 4. The molecule has 7 heteroatoms. The van der Waals surface area contributed by atoms with Crippen LogP contribution in [0.15, 0.2) is 34.7 Å². The number of amides is 1. The zero-order valence-corrected chi connectivity index (χ0v) is 15.4. The summed E-state index contributed by atoms with van der Waals surface area (Å²) in [5.41, 5.74) is 1.44. The van der Waals surface area contributed by atoms with Crippen molar-refractivity contribution in [3.63, 3.8) is 0 Å². The summed E-state index contributed by atoms with van der Waals surface area (Å²) in [7, 11) is 0. The molecule has 1 aliphatic rings. The van der Waals surface area contributed by atoms with Gasteiger partial charge in [0, 0.05) is 23.9 Å². The molecule has 1 aliphatic heterocycles. The molecular formula is C20H17ClFNO4. The Balaban J connectivity index is 1.55. The number of fused-ring (bicyclic) bond motifs is 2. The van der Waals surface area contributed by atoms with Crippen molar-refractivity contribution in [2.45, 2.75) is 19.9 Å². The lowest BCUT2D eigenvalue weighted by atomic mass is 10.1. The van der Waals surface area contributed by atoms with Crippen molar-refractivity contribution in [2.24, 2.45) is 0 Å². The summed E-state index contributed by atoms with van der Waals surface area (Å²) in [4.78, 5) is 12.5. The lowest BCUT2D eigenvalue weighted by Gasteiger charge is -2.12. The van der Waals surface area contributed by atoms with Crippen LogP contribution in [0.3, 0.4) is 0 Å². The number of benzene rings is 2. The third kappa shape index (κ3) is 3.32. The smallest absolute Gasteiger partial charge is 0.287 e. The van der Waals surface area contributed by atoms with Gasteiger partial charge in [-0.25, -0.2) is 4.39 Å². The van der Waals surface area contributed by atoms with E-state index in [2.05, 4.69) is 5.32 Å². The molecule has 4 rings (SSSR count). The van der Waals surface area contributed by atoms with Gasteiger partial charge in [0.15, 0.2) is 28.7 Å². The van der Waals surface area contributed by atoms with Crippen LogP contribution < -0.4 is 14.8 Å². The van der Waals surface area contributed by atoms with E-state index in [-0.39, 0.29) is 17.9 Å². The quantitative estimate of drug-likeness (QED) is 0.709. The highest BCUT2D eigenvalue weighted by atomic mass is 35.5. The number of carbonyl (C=O) groups is 1. The minimum absolute atomic E-state index is 0.0822. The molecule has 5 nitrogen and oxygen atoms in total. The fourth-order valence-electron chi connectivity index (χ4n) is 3.07. The Labute approximate surface area is 160 Å². The SMILES string of the molecule is Cc1c(C(=O)NCc2cc(Cl)c3c(c2)OCCCO3)oc2c(F)cccc12. The number of furan rings is 1. The summed E-state index contributed by atoms with van der Waals surface area (Å²) in [6.07, 6.45) is 0.777. The number of hydrogen-bond donors (Lipinski definition) is 1. The second-order valence-corrected chi connectivity index (χ2v) is 6.72. The summed E-state index contributed by atoms with van der Waals surface area (Å²) >= 11 is 6.27. The maximum atomic E-state index is 13.9. The zero-order chi connectivity index (χ0) is 19.0. The van der Waals surface area contributed by atoms with Crippen molar-refractivity contribution in [2.75, 3.05) is 13.2 Å². The van der Waals surface area contributed by atoms with Crippen LogP contribution in [0.1, 0.15) is 28.1 Å². The largest absolute Gasteiger partial charge is 0.489 e. The van der Waals surface area contributed by atoms with Gasteiger partial charge in [0.25, 0.3) is 5.91 Å². The molecule has 0 spiro atoms. The first-order chi connectivity index (χ1) is 13.0. The predicted molar refractivity (Wildman–Crippen MR) is 99.1 cm³/mol. The molecular weight excluding hydrogens is 373 g/mol. The molecule has 0 saturated heterocycles. The average molecular weight is 390 g/mol. The third-order valence-electron chi connectivity index (χ3n) is 4.44. The molecule has 0 bridgehead atoms. The molecule has 2 heterocycles. The van der Waals surface area contributed by atoms with E-state index < -0.39 is 11.7 Å². The summed E-state index contributed by atoms with van der Waals surface area (Å²) in [5.74, 6) is 0.255. The van der Waals surface area contributed by atoms with Crippen LogP contribution in [-0.4, -0.2) is 19.1 Å². The lowest BCUT2D eigenvalue weighted by molar-refractivity contribution is 0.0924.